The minimum absolute atomic E-state index is 0.0717. The number of amides is 4. The number of nitrogens with two attached hydrogens (primary N) is 1. The van der Waals surface area contributed by atoms with Crippen LogP contribution < -0.4 is 21.7 Å². The average molecular weight is 658 g/mol. The summed E-state index contributed by atoms with van der Waals surface area (Å²) in [5, 5.41) is 8.05. The van der Waals surface area contributed by atoms with Crippen molar-refractivity contribution in [2.24, 2.45) is 5.73 Å². The maximum atomic E-state index is 13.4. The number of benzene rings is 4. The molecule has 0 fully saturated rings. The Morgan fingerprint density at radius 3 is 2.16 bits per heavy atom. The zero-order valence-electron chi connectivity index (χ0n) is 23.2. The quantitative estimate of drug-likeness (QED) is 0.109. The van der Waals surface area contributed by atoms with E-state index in [9.17, 15) is 19.2 Å². The van der Waals surface area contributed by atoms with E-state index in [1.165, 1.54) is 11.8 Å². The number of halogens is 1. The summed E-state index contributed by atoms with van der Waals surface area (Å²) in [6, 6.07) is 29.5. The Bertz CT molecular complexity index is 1640. The minimum atomic E-state index is -0.540. The maximum absolute atomic E-state index is 13.4. The Labute approximate surface area is 262 Å². The number of carbonyl (C=O) groups is 4. The monoisotopic (exact) mass is 656 g/mol. The van der Waals surface area contributed by atoms with Gasteiger partial charge in [0.15, 0.2) is 0 Å². The summed E-state index contributed by atoms with van der Waals surface area (Å²) in [6.07, 6.45) is 2.16. The highest BCUT2D eigenvalue weighted by Crippen LogP contribution is 2.29. The summed E-state index contributed by atoms with van der Waals surface area (Å²) < 4.78 is 0.887. The van der Waals surface area contributed by atoms with Crippen molar-refractivity contribution in [3.8, 4) is 0 Å². The maximum Gasteiger partial charge on any atom is 0.272 e. The van der Waals surface area contributed by atoms with Crippen LogP contribution in [0, 0.1) is 0 Å². The number of hydrogen-bond acceptors (Lipinski definition) is 5. The molecule has 1 unspecified atom stereocenters. The van der Waals surface area contributed by atoms with Gasteiger partial charge in [0, 0.05) is 31.9 Å². The number of nitrogens with one attached hydrogen (secondary N) is 3. The third kappa shape index (κ3) is 9.16. The van der Waals surface area contributed by atoms with Crippen LogP contribution in [0.4, 0.5) is 11.4 Å². The predicted octanol–water partition coefficient (Wildman–Crippen LogP) is 6.47. The van der Waals surface area contributed by atoms with E-state index in [-0.39, 0.29) is 11.6 Å². The lowest BCUT2D eigenvalue weighted by molar-refractivity contribution is -0.116. The molecule has 0 aliphatic heterocycles. The van der Waals surface area contributed by atoms with Gasteiger partial charge in [0.2, 0.25) is 11.8 Å². The molecular formula is C33H29BrN4O4S. The molecule has 0 saturated carbocycles. The van der Waals surface area contributed by atoms with Crippen molar-refractivity contribution >= 4 is 68.8 Å². The van der Waals surface area contributed by atoms with E-state index in [2.05, 4.69) is 31.9 Å². The van der Waals surface area contributed by atoms with E-state index in [1.807, 2.05) is 43.3 Å². The first kappa shape index (κ1) is 31.3. The molecule has 0 saturated heterocycles. The highest BCUT2D eigenvalue weighted by Gasteiger charge is 2.19. The second-order valence-corrected chi connectivity index (χ2v) is 11.5. The number of carbonyl (C=O) groups excluding carboxylic acids is 4. The number of thioether (sulfide) groups is 1. The highest BCUT2D eigenvalue weighted by atomic mass is 79.9. The van der Waals surface area contributed by atoms with Gasteiger partial charge in [-0.2, -0.15) is 0 Å². The Balaban J connectivity index is 1.47. The predicted molar refractivity (Wildman–Crippen MR) is 175 cm³/mol. The minimum Gasteiger partial charge on any atom is -0.366 e. The van der Waals surface area contributed by atoms with Gasteiger partial charge < -0.3 is 21.7 Å². The van der Waals surface area contributed by atoms with E-state index in [0.717, 1.165) is 14.9 Å². The van der Waals surface area contributed by atoms with Crippen molar-refractivity contribution in [3.63, 3.8) is 0 Å². The second-order valence-electron chi connectivity index (χ2n) is 9.36. The molecule has 218 valence electrons. The van der Waals surface area contributed by atoms with Crippen LogP contribution in [0.3, 0.4) is 0 Å². The fraction of sp³-hybridized carbons (Fsp3) is 0.0909. The first-order chi connectivity index (χ1) is 20.7. The van der Waals surface area contributed by atoms with Crippen molar-refractivity contribution in [3.05, 3.63) is 130 Å². The van der Waals surface area contributed by atoms with Crippen LogP contribution in [0.15, 0.2) is 118 Å². The van der Waals surface area contributed by atoms with Crippen molar-refractivity contribution in [1.82, 2.24) is 5.32 Å². The summed E-state index contributed by atoms with van der Waals surface area (Å²) >= 11 is 4.76. The normalized spacial score (nSPS) is 11.7. The smallest absolute Gasteiger partial charge is 0.272 e. The summed E-state index contributed by atoms with van der Waals surface area (Å²) in [5.74, 6) is -1.65. The van der Waals surface area contributed by atoms with Gasteiger partial charge >= 0.3 is 0 Å². The van der Waals surface area contributed by atoms with Crippen molar-refractivity contribution in [2.45, 2.75) is 23.5 Å². The van der Waals surface area contributed by atoms with Crippen LogP contribution >= 0.6 is 27.7 Å². The molecule has 8 nitrogen and oxygen atoms in total. The molecule has 0 spiro atoms. The Morgan fingerprint density at radius 2 is 1.51 bits per heavy atom. The fourth-order valence-corrected chi connectivity index (χ4v) is 5.22. The van der Waals surface area contributed by atoms with Crippen molar-refractivity contribution < 1.29 is 19.2 Å². The van der Waals surface area contributed by atoms with E-state index in [4.69, 9.17) is 5.73 Å². The fourth-order valence-electron chi connectivity index (χ4n) is 3.94. The topological polar surface area (TPSA) is 130 Å². The van der Waals surface area contributed by atoms with Gasteiger partial charge in [-0.3, -0.25) is 19.2 Å². The molecule has 5 N–H and O–H groups in total. The lowest BCUT2D eigenvalue weighted by atomic mass is 10.1. The molecule has 0 aromatic heterocycles. The highest BCUT2D eigenvalue weighted by molar-refractivity contribution is 9.10. The van der Waals surface area contributed by atoms with Gasteiger partial charge in [0.1, 0.15) is 5.70 Å². The van der Waals surface area contributed by atoms with Crippen LogP contribution in [0.1, 0.15) is 39.6 Å². The molecule has 4 amide bonds. The number of anilines is 2. The standard InChI is InChI=1S/C33H29BrN4O4S/c1-2-29(33(42)36-25-17-13-22(14-18-25)30(35)39)43-27-10-6-9-26(20-27)37-32(41)28(19-21-11-15-24(34)16-12-21)38-31(40)23-7-4-3-5-8-23/h3-20,29H,2H2,1H3,(H2,35,39)(H,36,42)(H,37,41)(H,38,40)/b28-19-. The lowest BCUT2D eigenvalue weighted by Gasteiger charge is -2.16. The molecular weight excluding hydrogens is 628 g/mol. The Kier molecular flexibility index (Phi) is 10.9. The molecule has 4 rings (SSSR count). The van der Waals surface area contributed by atoms with Gasteiger partial charge in [0.05, 0.1) is 5.25 Å². The van der Waals surface area contributed by atoms with E-state index in [1.54, 1.807) is 72.8 Å². The zero-order valence-corrected chi connectivity index (χ0v) is 25.6. The molecule has 0 bridgehead atoms. The van der Waals surface area contributed by atoms with Crippen LogP contribution in [0.5, 0.6) is 0 Å². The van der Waals surface area contributed by atoms with E-state index in [0.29, 0.717) is 28.9 Å². The largest absolute Gasteiger partial charge is 0.366 e. The lowest BCUT2D eigenvalue weighted by Crippen LogP contribution is -2.30. The zero-order chi connectivity index (χ0) is 30.8. The van der Waals surface area contributed by atoms with Gasteiger partial charge in [-0.1, -0.05) is 59.3 Å². The van der Waals surface area contributed by atoms with Crippen molar-refractivity contribution in [2.75, 3.05) is 10.6 Å². The Morgan fingerprint density at radius 1 is 0.814 bits per heavy atom. The van der Waals surface area contributed by atoms with Crippen LogP contribution in [-0.4, -0.2) is 28.9 Å². The SMILES string of the molecule is CCC(Sc1cccc(NC(=O)/C(=C/c2ccc(Br)cc2)NC(=O)c2ccccc2)c1)C(=O)Nc1ccc(C(N)=O)cc1. The molecule has 0 aliphatic rings. The van der Waals surface area contributed by atoms with Crippen LogP contribution in [0.2, 0.25) is 0 Å². The number of primary amides is 1. The van der Waals surface area contributed by atoms with Gasteiger partial charge in [-0.05, 0) is 84.8 Å². The van der Waals surface area contributed by atoms with E-state index < -0.39 is 23.0 Å². The first-order valence-corrected chi connectivity index (χ1v) is 15.0. The van der Waals surface area contributed by atoms with Crippen LogP contribution in [-0.2, 0) is 9.59 Å². The first-order valence-electron chi connectivity index (χ1n) is 13.3. The molecule has 4 aromatic carbocycles. The average Bonchev–Trinajstić information content (AvgIpc) is 3.01. The molecule has 0 aliphatic carbocycles. The molecule has 1 atom stereocenters. The van der Waals surface area contributed by atoms with Gasteiger partial charge in [-0.25, -0.2) is 0 Å². The third-order valence-electron chi connectivity index (χ3n) is 6.18. The third-order valence-corrected chi connectivity index (χ3v) is 8.07. The molecule has 43 heavy (non-hydrogen) atoms. The summed E-state index contributed by atoms with van der Waals surface area (Å²) in [4.78, 5) is 51.4. The molecule has 0 heterocycles. The molecule has 4 aromatic rings. The van der Waals surface area contributed by atoms with E-state index >= 15 is 0 Å². The van der Waals surface area contributed by atoms with Gasteiger partial charge in [0.25, 0.3) is 11.8 Å². The number of rotatable bonds is 11. The second kappa shape index (κ2) is 15.0. The summed E-state index contributed by atoms with van der Waals surface area (Å²) in [5.41, 5.74) is 7.92. The number of hydrogen-bond donors (Lipinski definition) is 4. The summed E-state index contributed by atoms with van der Waals surface area (Å²) in [6.45, 7) is 1.91. The Hall–Kier alpha value is -4.67. The van der Waals surface area contributed by atoms with Crippen LogP contribution in [0.25, 0.3) is 6.08 Å². The molecule has 0 radical (unpaired) electrons. The molecule has 10 heteroatoms. The van der Waals surface area contributed by atoms with Gasteiger partial charge in [-0.15, -0.1) is 11.8 Å². The van der Waals surface area contributed by atoms with Crippen molar-refractivity contribution in [1.29, 1.82) is 0 Å². The summed E-state index contributed by atoms with van der Waals surface area (Å²) in [7, 11) is 0.